The first-order valence-electron chi connectivity index (χ1n) is 7.89. The monoisotopic (exact) mass is 290 g/mol. The first kappa shape index (κ1) is 16.0. The minimum Gasteiger partial charge on any atom is -0.381 e. The second-order valence-corrected chi connectivity index (χ2v) is 5.60. The van der Waals surface area contributed by atoms with Crippen LogP contribution in [0.1, 0.15) is 43.5 Å². The lowest BCUT2D eigenvalue weighted by Gasteiger charge is -2.25. The molecule has 1 atom stereocenters. The van der Waals surface area contributed by atoms with E-state index in [2.05, 4.69) is 37.4 Å². The quantitative estimate of drug-likeness (QED) is 0.748. The van der Waals surface area contributed by atoms with Crippen LogP contribution in [-0.2, 0) is 9.53 Å². The molecule has 0 spiro atoms. The van der Waals surface area contributed by atoms with Gasteiger partial charge in [-0.15, -0.1) is 0 Å². The zero-order valence-corrected chi connectivity index (χ0v) is 13.1. The molecule has 0 bridgehead atoms. The van der Waals surface area contributed by atoms with Crippen LogP contribution >= 0.6 is 0 Å². The highest BCUT2D eigenvalue weighted by Gasteiger charge is 2.30. The Morgan fingerprint density at radius 1 is 1.33 bits per heavy atom. The lowest BCUT2D eigenvalue weighted by Crippen LogP contribution is -2.31. The van der Waals surface area contributed by atoms with Gasteiger partial charge in [0.15, 0.2) is 0 Å². The fourth-order valence-corrected chi connectivity index (χ4v) is 2.62. The molecule has 0 radical (unpaired) electrons. The number of hydrogen-bond donors (Lipinski definition) is 1. The van der Waals surface area contributed by atoms with Crippen LogP contribution in [-0.4, -0.2) is 37.1 Å². The average Bonchev–Trinajstić information content (AvgIpc) is 2.84. The van der Waals surface area contributed by atoms with Crippen molar-refractivity contribution in [1.82, 2.24) is 10.2 Å². The summed E-state index contributed by atoms with van der Waals surface area (Å²) >= 11 is 0. The van der Waals surface area contributed by atoms with E-state index in [1.54, 1.807) is 0 Å². The third kappa shape index (κ3) is 4.55. The van der Waals surface area contributed by atoms with Crippen molar-refractivity contribution in [3.63, 3.8) is 0 Å². The molecule has 0 aliphatic carbocycles. The third-order valence-electron chi connectivity index (χ3n) is 3.77. The summed E-state index contributed by atoms with van der Waals surface area (Å²) in [5.41, 5.74) is 2.38. The van der Waals surface area contributed by atoms with Gasteiger partial charge >= 0.3 is 0 Å². The summed E-state index contributed by atoms with van der Waals surface area (Å²) in [5, 5.41) is 3.30. The van der Waals surface area contributed by atoms with Crippen LogP contribution in [0.5, 0.6) is 0 Å². The molecule has 1 amide bonds. The lowest BCUT2D eigenvalue weighted by atomic mass is 10.1. The van der Waals surface area contributed by atoms with E-state index >= 15 is 0 Å². The molecule has 1 aromatic rings. The Morgan fingerprint density at radius 3 is 2.90 bits per heavy atom. The standard InChI is InChI=1S/C17H26N2O2/c1-3-4-10-21-11-6-9-19-16(20)13-18-17(19)15-8-5-7-14(2)12-15/h5,7-8,12,17-18H,3-4,6,9-11,13H2,1-2H3. The number of unbranched alkanes of at least 4 members (excludes halogenated alkanes) is 1. The first-order valence-corrected chi connectivity index (χ1v) is 7.89. The van der Waals surface area contributed by atoms with Crippen LogP contribution in [0.4, 0.5) is 0 Å². The molecule has 1 unspecified atom stereocenters. The van der Waals surface area contributed by atoms with Crippen LogP contribution in [0.2, 0.25) is 0 Å². The molecule has 1 heterocycles. The van der Waals surface area contributed by atoms with E-state index < -0.39 is 0 Å². The number of rotatable bonds is 8. The Kier molecular flexibility index (Phi) is 6.21. The van der Waals surface area contributed by atoms with Gasteiger partial charge in [0, 0.05) is 19.8 Å². The van der Waals surface area contributed by atoms with Gasteiger partial charge in [0.1, 0.15) is 6.17 Å². The predicted molar refractivity (Wildman–Crippen MR) is 84.0 cm³/mol. The van der Waals surface area contributed by atoms with E-state index in [9.17, 15) is 4.79 Å². The van der Waals surface area contributed by atoms with E-state index in [4.69, 9.17) is 4.74 Å². The normalized spacial score (nSPS) is 18.5. The second-order valence-electron chi connectivity index (χ2n) is 5.60. The first-order chi connectivity index (χ1) is 10.2. The molecular weight excluding hydrogens is 264 g/mol. The fraction of sp³-hybridized carbons (Fsp3) is 0.588. The largest absolute Gasteiger partial charge is 0.381 e. The molecule has 4 heteroatoms. The van der Waals surface area contributed by atoms with Gasteiger partial charge in [0.25, 0.3) is 0 Å². The van der Waals surface area contributed by atoms with Crippen molar-refractivity contribution in [3.05, 3.63) is 35.4 Å². The van der Waals surface area contributed by atoms with Gasteiger partial charge in [0.05, 0.1) is 6.54 Å². The highest BCUT2D eigenvalue weighted by atomic mass is 16.5. The van der Waals surface area contributed by atoms with Crippen LogP contribution in [0.15, 0.2) is 24.3 Å². The maximum atomic E-state index is 12.0. The number of nitrogens with one attached hydrogen (secondary N) is 1. The molecule has 1 aliphatic heterocycles. The van der Waals surface area contributed by atoms with Gasteiger partial charge in [-0.25, -0.2) is 0 Å². The molecule has 1 aliphatic rings. The van der Waals surface area contributed by atoms with Gasteiger partial charge < -0.3 is 9.64 Å². The third-order valence-corrected chi connectivity index (χ3v) is 3.77. The molecular formula is C17H26N2O2. The number of hydrogen-bond acceptors (Lipinski definition) is 3. The molecule has 21 heavy (non-hydrogen) atoms. The number of carbonyl (C=O) groups is 1. The Labute approximate surface area is 127 Å². The molecule has 116 valence electrons. The van der Waals surface area contributed by atoms with Gasteiger partial charge in [0.2, 0.25) is 5.91 Å². The lowest BCUT2D eigenvalue weighted by molar-refractivity contribution is -0.128. The van der Waals surface area contributed by atoms with Gasteiger partial charge in [-0.05, 0) is 25.3 Å². The Bertz CT molecular complexity index is 462. The van der Waals surface area contributed by atoms with Crippen LogP contribution in [0.25, 0.3) is 0 Å². The number of benzene rings is 1. The summed E-state index contributed by atoms with van der Waals surface area (Å²) in [6.45, 7) is 6.96. The van der Waals surface area contributed by atoms with Crippen molar-refractivity contribution in [1.29, 1.82) is 0 Å². The van der Waals surface area contributed by atoms with Gasteiger partial charge in [-0.3, -0.25) is 10.1 Å². The SMILES string of the molecule is CCCCOCCCN1C(=O)CNC1c1cccc(C)c1. The molecule has 2 rings (SSSR count). The van der Waals surface area contributed by atoms with Crippen molar-refractivity contribution in [2.24, 2.45) is 0 Å². The highest BCUT2D eigenvalue weighted by molar-refractivity contribution is 5.80. The Balaban J connectivity index is 1.86. The number of amides is 1. The highest BCUT2D eigenvalue weighted by Crippen LogP contribution is 2.23. The smallest absolute Gasteiger partial charge is 0.238 e. The topological polar surface area (TPSA) is 41.6 Å². The molecule has 0 aromatic heterocycles. The van der Waals surface area contributed by atoms with E-state index in [0.717, 1.165) is 44.6 Å². The van der Waals surface area contributed by atoms with Gasteiger partial charge in [-0.2, -0.15) is 0 Å². The minimum atomic E-state index is 0.00745. The number of carbonyl (C=O) groups excluding carboxylic acids is 1. The molecule has 1 fully saturated rings. The van der Waals surface area contributed by atoms with Crippen LogP contribution in [0.3, 0.4) is 0 Å². The van der Waals surface area contributed by atoms with Crippen molar-refractivity contribution in [2.45, 2.75) is 39.3 Å². The average molecular weight is 290 g/mol. The molecule has 1 aromatic carbocycles. The van der Waals surface area contributed by atoms with E-state index in [1.165, 1.54) is 5.56 Å². The Hall–Kier alpha value is -1.39. The summed E-state index contributed by atoms with van der Waals surface area (Å²) in [7, 11) is 0. The predicted octanol–water partition coefficient (Wildman–Crippen LogP) is 2.63. The molecule has 0 saturated carbocycles. The van der Waals surface area contributed by atoms with E-state index in [0.29, 0.717) is 6.54 Å². The van der Waals surface area contributed by atoms with Crippen molar-refractivity contribution in [3.8, 4) is 0 Å². The zero-order valence-electron chi connectivity index (χ0n) is 13.1. The van der Waals surface area contributed by atoms with E-state index in [-0.39, 0.29) is 12.1 Å². The number of aryl methyl sites for hydroxylation is 1. The summed E-state index contributed by atoms with van der Waals surface area (Å²) in [5.74, 6) is 0.176. The zero-order chi connectivity index (χ0) is 15.1. The maximum Gasteiger partial charge on any atom is 0.238 e. The molecule has 4 nitrogen and oxygen atoms in total. The molecule has 1 saturated heterocycles. The van der Waals surface area contributed by atoms with Crippen LogP contribution in [0, 0.1) is 6.92 Å². The number of ether oxygens (including phenoxy) is 1. The molecule has 1 N–H and O–H groups in total. The summed E-state index contributed by atoms with van der Waals surface area (Å²) in [4.78, 5) is 14.0. The summed E-state index contributed by atoms with van der Waals surface area (Å²) in [6.07, 6.45) is 3.16. The van der Waals surface area contributed by atoms with Crippen molar-refractivity contribution in [2.75, 3.05) is 26.3 Å². The second kappa shape index (κ2) is 8.15. The maximum absolute atomic E-state index is 12.0. The van der Waals surface area contributed by atoms with Gasteiger partial charge in [-0.1, -0.05) is 43.2 Å². The summed E-state index contributed by atoms with van der Waals surface area (Å²) < 4.78 is 5.57. The Morgan fingerprint density at radius 2 is 2.14 bits per heavy atom. The van der Waals surface area contributed by atoms with Crippen molar-refractivity contribution < 1.29 is 9.53 Å². The summed E-state index contributed by atoms with van der Waals surface area (Å²) in [6, 6.07) is 8.34. The number of nitrogens with zero attached hydrogens (tertiary/aromatic N) is 1. The van der Waals surface area contributed by atoms with E-state index in [1.807, 2.05) is 11.0 Å². The minimum absolute atomic E-state index is 0.00745. The van der Waals surface area contributed by atoms with Crippen molar-refractivity contribution >= 4 is 5.91 Å². The van der Waals surface area contributed by atoms with Crippen LogP contribution < -0.4 is 5.32 Å². The fourth-order valence-electron chi connectivity index (χ4n) is 2.62.